The number of carboxylic acid groups (broad SMARTS) is 1. The number of aromatic nitrogens is 1. The molecule has 0 aliphatic rings. The quantitative estimate of drug-likeness (QED) is 0.727. The van der Waals surface area contributed by atoms with E-state index in [1.807, 2.05) is 6.07 Å². The number of halogens is 2. The highest BCUT2D eigenvalue weighted by molar-refractivity contribution is 7.17. The van der Waals surface area contributed by atoms with Gasteiger partial charge in [0.05, 0.1) is 27.2 Å². The van der Waals surface area contributed by atoms with E-state index in [1.165, 1.54) is 18.2 Å². The number of aromatic carboxylic acids is 1. The summed E-state index contributed by atoms with van der Waals surface area (Å²) in [5.41, 5.74) is 1.99. The van der Waals surface area contributed by atoms with Crippen LogP contribution in [0.15, 0.2) is 42.5 Å². The summed E-state index contributed by atoms with van der Waals surface area (Å²) < 4.78 is 13.4. The van der Waals surface area contributed by atoms with Crippen LogP contribution in [0, 0.1) is 17.1 Å². The van der Waals surface area contributed by atoms with Crippen LogP contribution in [-0.4, -0.2) is 16.1 Å². The predicted octanol–water partition coefficient (Wildman–Crippen LogP) is 4.84. The molecule has 0 amide bonds. The summed E-state index contributed by atoms with van der Waals surface area (Å²) in [5.74, 6) is -1.72. The lowest BCUT2D eigenvalue weighted by molar-refractivity contribution is 0.0696. The van der Waals surface area contributed by atoms with Crippen molar-refractivity contribution >= 4 is 28.9 Å². The Balaban J connectivity index is 2.23. The Morgan fingerprint density at radius 2 is 2.04 bits per heavy atom. The van der Waals surface area contributed by atoms with E-state index in [4.69, 9.17) is 16.9 Å². The largest absolute Gasteiger partial charge is 0.476 e. The molecule has 0 atom stereocenters. The molecule has 2 aromatic carbocycles. The van der Waals surface area contributed by atoms with Crippen molar-refractivity contribution < 1.29 is 14.3 Å². The van der Waals surface area contributed by atoms with Gasteiger partial charge in [0.15, 0.2) is 0 Å². The van der Waals surface area contributed by atoms with Crippen molar-refractivity contribution in [3.05, 3.63) is 63.9 Å². The van der Waals surface area contributed by atoms with Gasteiger partial charge in [0, 0.05) is 5.56 Å². The molecule has 1 heterocycles. The number of carboxylic acids is 1. The average Bonchev–Trinajstić information content (AvgIpc) is 3.03. The van der Waals surface area contributed by atoms with Crippen LogP contribution in [0.25, 0.3) is 21.7 Å². The Morgan fingerprint density at radius 1 is 1.25 bits per heavy atom. The third-order valence-corrected chi connectivity index (χ3v) is 4.64. The molecular formula is C17H8ClFN2O2S. The summed E-state index contributed by atoms with van der Waals surface area (Å²) >= 11 is 6.81. The van der Waals surface area contributed by atoms with Crippen LogP contribution >= 0.6 is 22.9 Å². The van der Waals surface area contributed by atoms with Crippen LogP contribution in [-0.2, 0) is 0 Å². The van der Waals surface area contributed by atoms with Crippen LogP contribution in [0.2, 0.25) is 5.02 Å². The first-order valence-corrected chi connectivity index (χ1v) is 7.89. The van der Waals surface area contributed by atoms with Gasteiger partial charge in [0.2, 0.25) is 5.01 Å². The number of thiazole rings is 1. The summed E-state index contributed by atoms with van der Waals surface area (Å²) in [4.78, 5) is 16.0. The van der Waals surface area contributed by atoms with E-state index < -0.39 is 11.8 Å². The lowest BCUT2D eigenvalue weighted by Crippen LogP contribution is -1.94. The average molecular weight is 359 g/mol. The highest BCUT2D eigenvalue weighted by atomic mass is 35.5. The molecule has 24 heavy (non-hydrogen) atoms. The topological polar surface area (TPSA) is 74.0 Å². The minimum Gasteiger partial charge on any atom is -0.476 e. The lowest BCUT2D eigenvalue weighted by atomic mass is 10.1. The second kappa shape index (κ2) is 6.40. The maximum Gasteiger partial charge on any atom is 0.365 e. The highest BCUT2D eigenvalue weighted by Crippen LogP contribution is 2.38. The first-order chi connectivity index (χ1) is 11.5. The SMILES string of the molecule is N#Cc1cccc(-c2sc(C(=O)O)nc2-c2ccc(F)c(Cl)c2)c1. The summed E-state index contributed by atoms with van der Waals surface area (Å²) in [6, 6.07) is 12.9. The lowest BCUT2D eigenvalue weighted by Gasteiger charge is -2.04. The van der Waals surface area contributed by atoms with Gasteiger partial charge in [-0.2, -0.15) is 5.26 Å². The van der Waals surface area contributed by atoms with E-state index in [1.54, 1.807) is 24.3 Å². The Labute approximate surface area is 145 Å². The van der Waals surface area contributed by atoms with Crippen LogP contribution in [0.1, 0.15) is 15.4 Å². The van der Waals surface area contributed by atoms with Crippen LogP contribution in [0.3, 0.4) is 0 Å². The molecule has 1 aromatic heterocycles. The molecule has 0 fully saturated rings. The normalized spacial score (nSPS) is 10.4. The number of hydrogen-bond donors (Lipinski definition) is 1. The van der Waals surface area contributed by atoms with Gasteiger partial charge in [-0.05, 0) is 35.9 Å². The van der Waals surface area contributed by atoms with E-state index in [9.17, 15) is 14.3 Å². The van der Waals surface area contributed by atoms with Gasteiger partial charge in [-0.25, -0.2) is 14.2 Å². The molecule has 0 spiro atoms. The van der Waals surface area contributed by atoms with Gasteiger partial charge >= 0.3 is 5.97 Å². The minimum absolute atomic E-state index is 0.0749. The van der Waals surface area contributed by atoms with E-state index in [-0.39, 0.29) is 10.0 Å². The number of nitrogens with zero attached hydrogens (tertiary/aromatic N) is 2. The van der Waals surface area contributed by atoms with Crippen molar-refractivity contribution in [3.8, 4) is 27.8 Å². The Bertz CT molecular complexity index is 994. The Hall–Kier alpha value is -2.75. The van der Waals surface area contributed by atoms with Crippen molar-refractivity contribution in [2.45, 2.75) is 0 Å². The molecule has 0 radical (unpaired) electrons. The zero-order valence-electron chi connectivity index (χ0n) is 12.0. The second-order valence-electron chi connectivity index (χ2n) is 4.82. The molecule has 0 bridgehead atoms. The van der Waals surface area contributed by atoms with Gasteiger partial charge in [0.1, 0.15) is 5.82 Å². The number of rotatable bonds is 3. The standard InChI is InChI=1S/C17H8ClFN2O2S/c18-12-7-10(4-5-13(12)19)14-15(24-16(21-14)17(22)23)11-3-1-2-9(6-11)8-20/h1-7H,(H,22,23). The minimum atomic E-state index is -1.16. The summed E-state index contributed by atoms with van der Waals surface area (Å²) in [7, 11) is 0. The molecule has 118 valence electrons. The fraction of sp³-hybridized carbons (Fsp3) is 0. The summed E-state index contributed by atoms with van der Waals surface area (Å²) in [5, 5.41) is 18.1. The molecular weight excluding hydrogens is 351 g/mol. The monoisotopic (exact) mass is 358 g/mol. The number of benzene rings is 2. The highest BCUT2D eigenvalue weighted by Gasteiger charge is 2.19. The van der Waals surface area contributed by atoms with E-state index >= 15 is 0 Å². The molecule has 4 nitrogen and oxygen atoms in total. The van der Waals surface area contributed by atoms with Crippen molar-refractivity contribution in [3.63, 3.8) is 0 Å². The molecule has 0 aliphatic heterocycles. The first kappa shape index (κ1) is 16.1. The van der Waals surface area contributed by atoms with Gasteiger partial charge in [-0.3, -0.25) is 0 Å². The van der Waals surface area contributed by atoms with Crippen LogP contribution < -0.4 is 0 Å². The zero-order valence-corrected chi connectivity index (χ0v) is 13.5. The van der Waals surface area contributed by atoms with E-state index in [2.05, 4.69) is 4.98 Å². The van der Waals surface area contributed by atoms with E-state index in [0.717, 1.165) is 11.3 Å². The predicted molar refractivity (Wildman–Crippen MR) is 89.6 cm³/mol. The third kappa shape index (κ3) is 3.00. The van der Waals surface area contributed by atoms with Crippen molar-refractivity contribution in [2.75, 3.05) is 0 Å². The molecule has 0 aliphatic carbocycles. The first-order valence-electron chi connectivity index (χ1n) is 6.69. The molecule has 7 heteroatoms. The van der Waals surface area contributed by atoms with Crippen molar-refractivity contribution in [2.24, 2.45) is 0 Å². The summed E-state index contributed by atoms with van der Waals surface area (Å²) in [6.45, 7) is 0. The molecule has 3 rings (SSSR count). The number of hydrogen-bond acceptors (Lipinski definition) is 4. The summed E-state index contributed by atoms with van der Waals surface area (Å²) in [6.07, 6.45) is 0. The van der Waals surface area contributed by atoms with Gasteiger partial charge in [-0.1, -0.05) is 23.7 Å². The van der Waals surface area contributed by atoms with Gasteiger partial charge in [-0.15, -0.1) is 11.3 Å². The second-order valence-corrected chi connectivity index (χ2v) is 6.23. The maximum absolute atomic E-state index is 13.4. The fourth-order valence-electron chi connectivity index (χ4n) is 2.18. The maximum atomic E-state index is 13.4. The Kier molecular flexibility index (Phi) is 4.30. The van der Waals surface area contributed by atoms with Crippen LogP contribution in [0.5, 0.6) is 0 Å². The van der Waals surface area contributed by atoms with Gasteiger partial charge < -0.3 is 5.11 Å². The smallest absolute Gasteiger partial charge is 0.365 e. The van der Waals surface area contributed by atoms with Crippen LogP contribution in [0.4, 0.5) is 4.39 Å². The van der Waals surface area contributed by atoms with Crippen molar-refractivity contribution in [1.29, 1.82) is 5.26 Å². The molecule has 0 saturated carbocycles. The molecule has 0 saturated heterocycles. The number of carbonyl (C=O) groups is 1. The molecule has 0 unspecified atom stereocenters. The Morgan fingerprint density at radius 3 is 2.71 bits per heavy atom. The van der Waals surface area contributed by atoms with E-state index in [0.29, 0.717) is 27.3 Å². The molecule has 3 aromatic rings. The zero-order chi connectivity index (χ0) is 17.3. The van der Waals surface area contributed by atoms with Gasteiger partial charge in [0.25, 0.3) is 0 Å². The van der Waals surface area contributed by atoms with Crippen molar-refractivity contribution in [1.82, 2.24) is 4.98 Å². The number of nitriles is 1. The molecule has 1 N–H and O–H groups in total. The fourth-order valence-corrected chi connectivity index (χ4v) is 3.28. The third-order valence-electron chi connectivity index (χ3n) is 3.26.